The number of ether oxygens (including phenoxy) is 2. The number of fused-ring (bicyclic) bond motifs is 4. The number of aliphatic hydroxyl groups excluding tert-OH is 2. The first-order valence-corrected chi connectivity index (χ1v) is 26.5. The van der Waals surface area contributed by atoms with Crippen LogP contribution < -0.4 is 0 Å². The topological polar surface area (TPSA) is 117 Å². The standard InChI is InChI=1S/C58H80N2O6/c1-10-41-39(28-34-25-33(2)26-37(27-34)35-18-23-65-24-19-35)48-49-36(31-59-48)15-20-54(5,29-43(62)52-53(3,4)66-52)47-42(61)30-57(8)46(47)40(32-60(41)49)50(64)51-55(6)21-17-45(63)58(9,38-13-11-12-14-38)44(55)16-22-56(51,57)7/h25-27,31,35,38,40,43-44,50-52,59,62,64H,10-24,28-30,32H2,1-9H3. The number of allylic oxidation sites excluding steroid dienone is 1. The molecule has 2 aromatic heterocycles. The molecule has 0 radical (unpaired) electrons. The normalized spacial score (nSPS) is 39.5. The molecule has 2 saturated heterocycles. The van der Waals surface area contributed by atoms with Gasteiger partial charge in [0.25, 0.3) is 0 Å². The number of nitrogens with zero attached hydrogens (tertiary/aromatic N) is 1. The summed E-state index contributed by atoms with van der Waals surface area (Å²) in [6, 6.07) is 7.21. The van der Waals surface area contributed by atoms with Crippen molar-refractivity contribution in [1.82, 2.24) is 9.55 Å². The van der Waals surface area contributed by atoms with Gasteiger partial charge in [-0.3, -0.25) is 9.59 Å². The summed E-state index contributed by atoms with van der Waals surface area (Å²) in [6.45, 7) is 22.8. The van der Waals surface area contributed by atoms with Gasteiger partial charge in [-0.25, -0.2) is 0 Å². The molecule has 0 amide bonds. The van der Waals surface area contributed by atoms with Crippen molar-refractivity contribution in [2.24, 2.45) is 50.7 Å². The van der Waals surface area contributed by atoms with Gasteiger partial charge >= 0.3 is 0 Å². The van der Waals surface area contributed by atoms with Crippen LogP contribution in [0.25, 0.3) is 11.0 Å². The Balaban J connectivity index is 1.09. The highest BCUT2D eigenvalue weighted by Gasteiger charge is 2.73. The summed E-state index contributed by atoms with van der Waals surface area (Å²) < 4.78 is 14.5. The Morgan fingerprint density at radius 2 is 1.65 bits per heavy atom. The van der Waals surface area contributed by atoms with Crippen molar-refractivity contribution in [2.45, 2.75) is 201 Å². The maximum atomic E-state index is 15.5. The minimum atomic E-state index is -0.716. The van der Waals surface area contributed by atoms with Crippen molar-refractivity contribution in [3.8, 4) is 0 Å². The lowest BCUT2D eigenvalue weighted by Crippen LogP contribution is -2.68. The van der Waals surface area contributed by atoms with Crippen LogP contribution in [0.3, 0.4) is 0 Å². The molecule has 66 heavy (non-hydrogen) atoms. The Morgan fingerprint density at radius 3 is 2.35 bits per heavy atom. The number of ketones is 2. The largest absolute Gasteiger partial charge is 0.392 e. The second-order valence-electron chi connectivity index (χ2n) is 25.2. The average molecular weight is 901 g/mol. The van der Waals surface area contributed by atoms with Crippen LogP contribution in [-0.4, -0.2) is 68.5 Å². The number of carbonyl (C=O) groups excluding carboxylic acids is 2. The van der Waals surface area contributed by atoms with Crippen LogP contribution in [-0.2, 0) is 44.9 Å². The maximum Gasteiger partial charge on any atom is 0.160 e. The molecule has 11 unspecified atom stereocenters. The third-order valence-corrected chi connectivity index (χ3v) is 21.3. The summed E-state index contributed by atoms with van der Waals surface area (Å²) in [4.78, 5) is 33.8. The van der Waals surface area contributed by atoms with E-state index in [1.807, 2.05) is 13.8 Å². The Bertz CT molecular complexity index is 2500. The van der Waals surface area contributed by atoms with Gasteiger partial charge in [-0.2, -0.15) is 0 Å². The van der Waals surface area contributed by atoms with Gasteiger partial charge in [-0.1, -0.05) is 78.1 Å². The molecular weight excluding hydrogens is 821 g/mol. The van der Waals surface area contributed by atoms with Crippen LogP contribution in [0, 0.1) is 57.7 Å². The van der Waals surface area contributed by atoms with Crippen molar-refractivity contribution >= 4 is 22.6 Å². The Labute approximate surface area is 394 Å². The van der Waals surface area contributed by atoms with Crippen molar-refractivity contribution in [2.75, 3.05) is 13.2 Å². The molecule has 3 N–H and O–H groups in total. The van der Waals surface area contributed by atoms with Gasteiger partial charge in [-0.05, 0) is 154 Å². The predicted octanol–water partition coefficient (Wildman–Crippen LogP) is 11.1. The van der Waals surface area contributed by atoms with Gasteiger partial charge in [-0.15, -0.1) is 0 Å². The Morgan fingerprint density at radius 1 is 0.924 bits per heavy atom. The number of aromatic nitrogens is 2. The number of aromatic amines is 1. The minimum Gasteiger partial charge on any atom is -0.392 e. The highest BCUT2D eigenvalue weighted by atomic mass is 16.6. The molecule has 3 aliphatic heterocycles. The molecule has 8 heteroatoms. The van der Waals surface area contributed by atoms with Gasteiger partial charge in [0.2, 0.25) is 0 Å². The van der Waals surface area contributed by atoms with E-state index in [0.717, 1.165) is 83.0 Å². The molecule has 3 aromatic rings. The predicted molar refractivity (Wildman–Crippen MR) is 259 cm³/mol. The number of hydrogen-bond donors (Lipinski definition) is 3. The van der Waals surface area contributed by atoms with Gasteiger partial charge in [0.05, 0.1) is 28.8 Å². The first-order chi connectivity index (χ1) is 31.3. The van der Waals surface area contributed by atoms with Crippen LogP contribution in [0.2, 0.25) is 0 Å². The molecule has 5 heterocycles. The van der Waals surface area contributed by atoms with E-state index in [1.54, 1.807) is 0 Å². The molecule has 8 nitrogen and oxygen atoms in total. The fourth-order valence-electron chi connectivity index (χ4n) is 18.0. The molecular formula is C58H80N2O6. The lowest BCUT2D eigenvalue weighted by atomic mass is 9.33. The number of rotatable bonds is 8. The molecule has 11 rings (SSSR count). The Kier molecular flexibility index (Phi) is 10.6. The summed E-state index contributed by atoms with van der Waals surface area (Å²) in [5.41, 5.74) is 9.95. The van der Waals surface area contributed by atoms with Gasteiger partial charge in [0.15, 0.2) is 5.78 Å². The zero-order valence-corrected chi connectivity index (χ0v) is 41.8. The average Bonchev–Trinajstić information content (AvgIpc) is 3.79. The van der Waals surface area contributed by atoms with Crippen LogP contribution in [0.15, 0.2) is 35.5 Å². The van der Waals surface area contributed by atoms with Crippen molar-refractivity contribution in [1.29, 1.82) is 0 Å². The fraction of sp³-hybridized carbons (Fsp3) is 0.724. The third-order valence-electron chi connectivity index (χ3n) is 21.3. The zero-order valence-electron chi connectivity index (χ0n) is 41.8. The number of nitrogens with one attached hydrogen (secondary N) is 1. The van der Waals surface area contributed by atoms with Crippen LogP contribution in [0.4, 0.5) is 0 Å². The lowest BCUT2D eigenvalue weighted by molar-refractivity contribution is -0.227. The number of carbonyl (C=O) groups is 2. The molecule has 8 aliphatic rings. The van der Waals surface area contributed by atoms with E-state index in [9.17, 15) is 15.0 Å². The number of aryl methyl sites for hydroxylation is 2. The molecule has 5 aliphatic carbocycles. The molecule has 1 aromatic carbocycles. The molecule has 0 spiro atoms. The van der Waals surface area contributed by atoms with Gasteiger partial charge in [0, 0.05) is 78.8 Å². The molecule has 11 atom stereocenters. The summed E-state index contributed by atoms with van der Waals surface area (Å²) in [7, 11) is 0. The summed E-state index contributed by atoms with van der Waals surface area (Å²) in [6.07, 6.45) is 14.6. The van der Waals surface area contributed by atoms with E-state index < -0.39 is 28.6 Å². The van der Waals surface area contributed by atoms with Crippen LogP contribution in [0.5, 0.6) is 0 Å². The molecule has 6 fully saturated rings. The highest BCUT2D eigenvalue weighted by molar-refractivity contribution is 6.02. The maximum absolute atomic E-state index is 15.5. The Hall–Kier alpha value is -3.04. The van der Waals surface area contributed by atoms with E-state index in [4.69, 9.17) is 9.47 Å². The number of H-pyrrole nitrogens is 1. The van der Waals surface area contributed by atoms with Gasteiger partial charge < -0.3 is 29.2 Å². The van der Waals surface area contributed by atoms with Crippen molar-refractivity contribution in [3.05, 3.63) is 69.1 Å². The van der Waals surface area contributed by atoms with Crippen LogP contribution >= 0.6 is 0 Å². The highest BCUT2D eigenvalue weighted by Crippen LogP contribution is 2.76. The van der Waals surface area contributed by atoms with E-state index >= 15 is 4.79 Å². The summed E-state index contributed by atoms with van der Waals surface area (Å²) in [5.74, 6) is 1.39. The number of benzene rings is 1. The smallest absolute Gasteiger partial charge is 0.160 e. The van der Waals surface area contributed by atoms with E-state index in [2.05, 4.69) is 82.4 Å². The SMILES string of the molecule is CCc1c(Cc2cc(C)cc(C3CCOCC3)c2)c2[nH]cc3c2n1CC1C2=C(C(=O)CC2(C)C2(C)CCC4C(C)(CCC(=O)C4(C)C4CCCC4)C2C1O)C(C)(CC(O)C1OC1(C)C)CC3. The minimum absolute atomic E-state index is 0.0823. The van der Waals surface area contributed by atoms with E-state index in [0.29, 0.717) is 49.8 Å². The molecule has 358 valence electrons. The van der Waals surface area contributed by atoms with Crippen LogP contribution in [0.1, 0.15) is 178 Å². The van der Waals surface area contributed by atoms with Gasteiger partial charge in [0.1, 0.15) is 11.9 Å². The second kappa shape index (κ2) is 15.5. The number of hydrogen-bond acceptors (Lipinski definition) is 6. The quantitative estimate of drug-likeness (QED) is 0.194. The van der Waals surface area contributed by atoms with E-state index in [-0.39, 0.29) is 45.9 Å². The molecule has 4 saturated carbocycles. The number of epoxide rings is 1. The second-order valence-corrected chi connectivity index (χ2v) is 25.2. The number of aliphatic hydroxyl groups is 2. The summed E-state index contributed by atoms with van der Waals surface area (Å²) in [5, 5.41) is 26.0. The van der Waals surface area contributed by atoms with Crippen molar-refractivity contribution in [3.63, 3.8) is 0 Å². The summed E-state index contributed by atoms with van der Waals surface area (Å²) >= 11 is 0. The first kappa shape index (κ1) is 45.4. The monoisotopic (exact) mass is 901 g/mol. The number of Topliss-reactive ketones (excluding diaryl/α,β-unsaturated/α-hetero) is 2. The zero-order chi connectivity index (χ0) is 46.5. The van der Waals surface area contributed by atoms with Crippen molar-refractivity contribution < 1.29 is 29.3 Å². The molecule has 0 bridgehead atoms. The first-order valence-electron chi connectivity index (χ1n) is 26.5. The third kappa shape index (κ3) is 6.41. The fourth-order valence-corrected chi connectivity index (χ4v) is 18.0. The van der Waals surface area contributed by atoms with E-state index in [1.165, 1.54) is 63.0 Å². The lowest BCUT2D eigenvalue weighted by Gasteiger charge is -2.70.